The second kappa shape index (κ2) is 5.00. The molecule has 1 unspecified atom stereocenters. The average molecular weight is 253 g/mol. The molecule has 1 aromatic carbocycles. The largest absolute Gasteiger partial charge is 0.388 e. The highest BCUT2D eigenvalue weighted by atomic mass is 35.5. The van der Waals surface area contributed by atoms with Crippen LogP contribution < -0.4 is 0 Å². The van der Waals surface area contributed by atoms with E-state index >= 15 is 0 Å². The number of aliphatic hydroxyl groups excluding tert-OH is 1. The molecule has 0 saturated carbocycles. The Labute approximate surface area is 104 Å². The van der Waals surface area contributed by atoms with Crippen molar-refractivity contribution >= 4 is 22.9 Å². The lowest BCUT2D eigenvalue weighted by Crippen LogP contribution is -2.01. The topological polar surface area (TPSA) is 20.2 Å². The summed E-state index contributed by atoms with van der Waals surface area (Å²) in [5, 5.41) is 14.9. The summed E-state index contributed by atoms with van der Waals surface area (Å²) in [6.45, 7) is 1.95. The smallest absolute Gasteiger partial charge is 0.0830 e. The zero-order valence-electron chi connectivity index (χ0n) is 8.98. The van der Waals surface area contributed by atoms with Gasteiger partial charge in [0.25, 0.3) is 0 Å². The number of rotatable bonds is 3. The van der Waals surface area contributed by atoms with Crippen LogP contribution in [0.3, 0.4) is 0 Å². The van der Waals surface area contributed by atoms with E-state index in [1.807, 2.05) is 36.6 Å². The van der Waals surface area contributed by atoms with Crippen molar-refractivity contribution in [3.63, 3.8) is 0 Å². The molecular weight excluding hydrogens is 240 g/mol. The van der Waals surface area contributed by atoms with Gasteiger partial charge in [-0.05, 0) is 46.5 Å². The van der Waals surface area contributed by atoms with Crippen molar-refractivity contribution in [3.05, 3.63) is 56.7 Å². The van der Waals surface area contributed by atoms with Crippen LogP contribution in [0.4, 0.5) is 0 Å². The number of aryl methyl sites for hydroxylation is 1. The monoisotopic (exact) mass is 252 g/mol. The molecule has 0 aliphatic carbocycles. The third-order valence-corrected chi connectivity index (χ3v) is 3.73. The van der Waals surface area contributed by atoms with Crippen LogP contribution in [0.2, 0.25) is 5.02 Å². The number of thiophene rings is 1. The molecule has 1 aromatic heterocycles. The molecule has 2 aromatic rings. The Morgan fingerprint density at radius 1 is 1.38 bits per heavy atom. The maximum Gasteiger partial charge on any atom is 0.0830 e. The molecule has 0 fully saturated rings. The molecule has 0 radical (unpaired) electrons. The molecule has 1 N–H and O–H groups in total. The van der Waals surface area contributed by atoms with Gasteiger partial charge in [-0.2, -0.15) is 11.3 Å². The maximum absolute atomic E-state index is 10.1. The minimum atomic E-state index is -0.453. The van der Waals surface area contributed by atoms with Gasteiger partial charge in [0.1, 0.15) is 0 Å². The van der Waals surface area contributed by atoms with Gasteiger partial charge < -0.3 is 5.11 Å². The SMILES string of the molecule is Cc1cc(C(O)Cc2ccsc2)ccc1Cl. The Hall–Kier alpha value is -0.830. The summed E-state index contributed by atoms with van der Waals surface area (Å²) >= 11 is 7.60. The lowest BCUT2D eigenvalue weighted by atomic mass is 10.0. The van der Waals surface area contributed by atoms with Crippen LogP contribution in [0.5, 0.6) is 0 Å². The van der Waals surface area contributed by atoms with E-state index in [2.05, 4.69) is 5.38 Å². The molecule has 84 valence electrons. The van der Waals surface area contributed by atoms with E-state index in [1.54, 1.807) is 11.3 Å². The highest BCUT2D eigenvalue weighted by Gasteiger charge is 2.09. The molecule has 2 rings (SSSR count). The minimum absolute atomic E-state index is 0.453. The number of hydrogen-bond donors (Lipinski definition) is 1. The van der Waals surface area contributed by atoms with Crippen LogP contribution in [0.1, 0.15) is 22.8 Å². The van der Waals surface area contributed by atoms with Crippen molar-refractivity contribution in [2.24, 2.45) is 0 Å². The van der Waals surface area contributed by atoms with Crippen molar-refractivity contribution in [2.45, 2.75) is 19.4 Å². The third-order valence-electron chi connectivity index (χ3n) is 2.58. The van der Waals surface area contributed by atoms with Crippen molar-refractivity contribution < 1.29 is 5.11 Å². The summed E-state index contributed by atoms with van der Waals surface area (Å²) in [7, 11) is 0. The lowest BCUT2D eigenvalue weighted by molar-refractivity contribution is 0.178. The van der Waals surface area contributed by atoms with Crippen molar-refractivity contribution in [3.8, 4) is 0 Å². The van der Waals surface area contributed by atoms with Gasteiger partial charge in [-0.3, -0.25) is 0 Å². The van der Waals surface area contributed by atoms with E-state index in [0.717, 1.165) is 16.1 Å². The van der Waals surface area contributed by atoms with Gasteiger partial charge in [-0.25, -0.2) is 0 Å². The fourth-order valence-electron chi connectivity index (χ4n) is 1.63. The molecule has 1 heterocycles. The van der Waals surface area contributed by atoms with Gasteiger partial charge in [-0.15, -0.1) is 0 Å². The van der Waals surface area contributed by atoms with E-state index in [9.17, 15) is 5.11 Å². The molecule has 0 spiro atoms. The van der Waals surface area contributed by atoms with E-state index < -0.39 is 6.10 Å². The zero-order chi connectivity index (χ0) is 11.5. The summed E-state index contributed by atoms with van der Waals surface area (Å²) in [4.78, 5) is 0. The van der Waals surface area contributed by atoms with Crippen LogP contribution >= 0.6 is 22.9 Å². The molecule has 3 heteroatoms. The van der Waals surface area contributed by atoms with E-state index in [4.69, 9.17) is 11.6 Å². The van der Waals surface area contributed by atoms with Gasteiger partial charge in [0, 0.05) is 11.4 Å². The second-order valence-corrected chi connectivity index (χ2v) is 5.05. The van der Waals surface area contributed by atoms with Gasteiger partial charge in [0.05, 0.1) is 6.10 Å². The highest BCUT2D eigenvalue weighted by molar-refractivity contribution is 7.07. The molecule has 1 atom stereocenters. The van der Waals surface area contributed by atoms with E-state index in [1.165, 1.54) is 5.56 Å². The first-order valence-corrected chi connectivity index (χ1v) is 6.44. The van der Waals surface area contributed by atoms with Crippen LogP contribution in [0, 0.1) is 6.92 Å². The standard InChI is InChI=1S/C13H13ClOS/c1-9-6-11(2-3-12(9)14)13(15)7-10-4-5-16-8-10/h2-6,8,13,15H,7H2,1H3. The Morgan fingerprint density at radius 2 is 2.19 bits per heavy atom. The first-order valence-electron chi connectivity index (χ1n) is 5.12. The maximum atomic E-state index is 10.1. The molecule has 0 saturated heterocycles. The summed E-state index contributed by atoms with van der Waals surface area (Å²) in [6.07, 6.45) is 0.204. The van der Waals surface area contributed by atoms with Crippen LogP contribution in [-0.4, -0.2) is 5.11 Å². The molecule has 16 heavy (non-hydrogen) atoms. The van der Waals surface area contributed by atoms with E-state index in [0.29, 0.717) is 6.42 Å². The summed E-state index contributed by atoms with van der Waals surface area (Å²) in [5.41, 5.74) is 3.10. The predicted octanol–water partition coefficient (Wildman–Crippen LogP) is 3.99. The predicted molar refractivity (Wildman–Crippen MR) is 69.2 cm³/mol. The molecular formula is C13H13ClOS. The van der Waals surface area contributed by atoms with Crippen LogP contribution in [-0.2, 0) is 6.42 Å². The normalized spacial score (nSPS) is 12.7. The quantitative estimate of drug-likeness (QED) is 0.876. The van der Waals surface area contributed by atoms with E-state index in [-0.39, 0.29) is 0 Å². The number of benzene rings is 1. The van der Waals surface area contributed by atoms with Crippen molar-refractivity contribution in [2.75, 3.05) is 0 Å². The minimum Gasteiger partial charge on any atom is -0.388 e. The van der Waals surface area contributed by atoms with Gasteiger partial charge in [-0.1, -0.05) is 23.7 Å². The highest BCUT2D eigenvalue weighted by Crippen LogP contribution is 2.23. The first-order chi connectivity index (χ1) is 7.66. The average Bonchev–Trinajstić information content (AvgIpc) is 2.74. The lowest BCUT2D eigenvalue weighted by Gasteiger charge is -2.11. The fraction of sp³-hybridized carbons (Fsp3) is 0.231. The third kappa shape index (κ3) is 2.64. The van der Waals surface area contributed by atoms with Crippen molar-refractivity contribution in [1.82, 2.24) is 0 Å². The number of hydrogen-bond acceptors (Lipinski definition) is 2. The Morgan fingerprint density at radius 3 is 2.81 bits per heavy atom. The fourth-order valence-corrected chi connectivity index (χ4v) is 2.42. The molecule has 0 bridgehead atoms. The molecule has 0 aliphatic heterocycles. The number of halogens is 1. The first kappa shape index (κ1) is 11.6. The van der Waals surface area contributed by atoms with Crippen LogP contribution in [0.25, 0.3) is 0 Å². The van der Waals surface area contributed by atoms with Gasteiger partial charge in [0.15, 0.2) is 0 Å². The van der Waals surface area contributed by atoms with Gasteiger partial charge >= 0.3 is 0 Å². The van der Waals surface area contributed by atoms with Crippen molar-refractivity contribution in [1.29, 1.82) is 0 Å². The second-order valence-electron chi connectivity index (χ2n) is 3.86. The Bertz CT molecular complexity index is 465. The molecule has 0 amide bonds. The summed E-state index contributed by atoms with van der Waals surface area (Å²) < 4.78 is 0. The summed E-state index contributed by atoms with van der Waals surface area (Å²) in [5.74, 6) is 0. The number of aliphatic hydroxyl groups is 1. The Balaban J connectivity index is 2.14. The zero-order valence-corrected chi connectivity index (χ0v) is 10.6. The summed E-state index contributed by atoms with van der Waals surface area (Å²) in [6, 6.07) is 7.70. The molecule has 1 nitrogen and oxygen atoms in total. The van der Waals surface area contributed by atoms with Crippen LogP contribution in [0.15, 0.2) is 35.0 Å². The molecule has 0 aliphatic rings. The van der Waals surface area contributed by atoms with Gasteiger partial charge in [0.2, 0.25) is 0 Å². The Kier molecular flexibility index (Phi) is 3.64.